The van der Waals surface area contributed by atoms with E-state index in [-0.39, 0.29) is 11.9 Å². The van der Waals surface area contributed by atoms with Crippen molar-refractivity contribution < 1.29 is 14.3 Å². The van der Waals surface area contributed by atoms with Gasteiger partial charge in [0.1, 0.15) is 11.4 Å². The van der Waals surface area contributed by atoms with Crippen molar-refractivity contribution in [1.82, 2.24) is 18.9 Å². The number of hydrogen-bond donors (Lipinski definition) is 1. The number of carbonyl (C=O) groups excluding carboxylic acids is 2. The van der Waals surface area contributed by atoms with Crippen LogP contribution in [0.4, 0.5) is 5.69 Å². The number of para-hydroxylation sites is 1. The molecule has 0 saturated carbocycles. The molecule has 1 aliphatic heterocycles. The summed E-state index contributed by atoms with van der Waals surface area (Å²) >= 11 is 13.5. The summed E-state index contributed by atoms with van der Waals surface area (Å²) in [7, 11) is 3.80. The molecular formula is C39H40Cl2N6O3. The first-order valence-corrected chi connectivity index (χ1v) is 17.5. The van der Waals surface area contributed by atoms with E-state index in [9.17, 15) is 9.59 Å². The zero-order valence-corrected chi connectivity index (χ0v) is 30.8. The van der Waals surface area contributed by atoms with E-state index in [0.717, 1.165) is 72.1 Å². The van der Waals surface area contributed by atoms with Gasteiger partial charge in [-0.3, -0.25) is 14.3 Å². The van der Waals surface area contributed by atoms with Gasteiger partial charge in [-0.1, -0.05) is 41.4 Å². The van der Waals surface area contributed by atoms with E-state index in [2.05, 4.69) is 11.5 Å². The van der Waals surface area contributed by atoms with Crippen molar-refractivity contribution in [3.05, 3.63) is 98.0 Å². The van der Waals surface area contributed by atoms with E-state index in [4.69, 9.17) is 38.8 Å². The zero-order valence-electron chi connectivity index (χ0n) is 29.3. The van der Waals surface area contributed by atoms with Gasteiger partial charge in [-0.15, -0.1) is 0 Å². The minimum absolute atomic E-state index is 0.115. The van der Waals surface area contributed by atoms with Crippen LogP contribution in [-0.4, -0.2) is 43.9 Å². The second kappa shape index (κ2) is 12.5. The van der Waals surface area contributed by atoms with Gasteiger partial charge >= 0.3 is 0 Å². The van der Waals surface area contributed by atoms with Crippen LogP contribution in [0.2, 0.25) is 10.0 Å². The Kier molecular flexibility index (Phi) is 8.47. The van der Waals surface area contributed by atoms with Gasteiger partial charge in [0.15, 0.2) is 0 Å². The Labute approximate surface area is 301 Å². The number of amides is 2. The first-order valence-electron chi connectivity index (χ1n) is 16.7. The van der Waals surface area contributed by atoms with Crippen LogP contribution < -0.4 is 15.4 Å². The molecule has 0 saturated heterocycles. The number of halogens is 2. The first-order chi connectivity index (χ1) is 23.8. The highest BCUT2D eigenvalue weighted by Gasteiger charge is 2.37. The summed E-state index contributed by atoms with van der Waals surface area (Å²) in [5.74, 6) is 0.145. The molecule has 7 rings (SSSR count). The van der Waals surface area contributed by atoms with Crippen molar-refractivity contribution in [3.8, 4) is 16.9 Å². The van der Waals surface area contributed by atoms with Crippen molar-refractivity contribution >= 4 is 62.5 Å². The molecule has 50 heavy (non-hydrogen) atoms. The number of ether oxygens (including phenoxy) is 1. The number of aromatic nitrogens is 4. The molecule has 6 aromatic rings. The van der Waals surface area contributed by atoms with E-state index >= 15 is 0 Å². The second-order valence-corrected chi connectivity index (χ2v) is 14.2. The average molecular weight is 712 g/mol. The molecule has 11 heteroatoms. The number of rotatable bonds is 8. The Hall–Kier alpha value is -4.73. The summed E-state index contributed by atoms with van der Waals surface area (Å²) < 4.78 is 12.1. The van der Waals surface area contributed by atoms with Crippen LogP contribution in [0.15, 0.2) is 48.7 Å². The normalized spacial score (nSPS) is 14.6. The number of primary amides is 1. The van der Waals surface area contributed by atoms with Crippen LogP contribution in [-0.2, 0) is 20.5 Å². The van der Waals surface area contributed by atoms with Gasteiger partial charge < -0.3 is 24.5 Å². The van der Waals surface area contributed by atoms with E-state index in [1.807, 2.05) is 98.4 Å². The molecular weight excluding hydrogens is 671 g/mol. The monoisotopic (exact) mass is 710 g/mol. The Morgan fingerprint density at radius 2 is 1.72 bits per heavy atom. The Bertz CT molecular complexity index is 2360. The summed E-state index contributed by atoms with van der Waals surface area (Å²) in [6, 6.07) is 13.4. The lowest BCUT2D eigenvalue weighted by Crippen LogP contribution is -2.43. The van der Waals surface area contributed by atoms with Crippen LogP contribution in [0.1, 0.15) is 68.3 Å². The summed E-state index contributed by atoms with van der Waals surface area (Å²) in [5.41, 5.74) is 15.8. The maximum absolute atomic E-state index is 15.0. The Balaban J connectivity index is 1.38. The fourth-order valence-corrected chi connectivity index (χ4v) is 8.15. The molecule has 2 amide bonds. The lowest BCUT2D eigenvalue weighted by Gasteiger charge is -2.35. The third-order valence-electron chi connectivity index (χ3n) is 10.1. The van der Waals surface area contributed by atoms with Crippen LogP contribution >= 0.6 is 23.2 Å². The van der Waals surface area contributed by atoms with Crippen molar-refractivity contribution in [2.24, 2.45) is 19.8 Å². The number of benzene rings is 3. The Morgan fingerprint density at radius 1 is 1.00 bits per heavy atom. The van der Waals surface area contributed by atoms with Crippen LogP contribution in [0, 0.1) is 27.7 Å². The molecule has 3 aromatic heterocycles. The summed E-state index contributed by atoms with van der Waals surface area (Å²) in [4.78, 5) is 29.2. The third kappa shape index (κ3) is 5.26. The summed E-state index contributed by atoms with van der Waals surface area (Å²) in [6.07, 6.45) is 3.00. The van der Waals surface area contributed by atoms with Gasteiger partial charge in [-0.2, -0.15) is 5.10 Å². The van der Waals surface area contributed by atoms with E-state index in [1.165, 1.54) is 0 Å². The molecule has 3 aromatic carbocycles. The molecule has 0 radical (unpaired) electrons. The minimum Gasteiger partial charge on any atom is -0.494 e. The van der Waals surface area contributed by atoms with E-state index in [0.29, 0.717) is 47.7 Å². The molecule has 4 heterocycles. The number of nitrogens with two attached hydrogens (primary N) is 1. The number of anilines is 1. The molecule has 1 unspecified atom stereocenters. The largest absolute Gasteiger partial charge is 0.494 e. The lowest BCUT2D eigenvalue weighted by molar-refractivity contribution is 0.0956. The minimum atomic E-state index is -0.509. The van der Waals surface area contributed by atoms with Gasteiger partial charge in [-0.25, -0.2) is 0 Å². The van der Waals surface area contributed by atoms with Crippen molar-refractivity contribution in [1.29, 1.82) is 0 Å². The van der Waals surface area contributed by atoms with Gasteiger partial charge in [-0.05, 0) is 88.4 Å². The van der Waals surface area contributed by atoms with Crippen LogP contribution in [0.3, 0.4) is 0 Å². The molecule has 0 aliphatic carbocycles. The van der Waals surface area contributed by atoms with Gasteiger partial charge in [0, 0.05) is 65.5 Å². The fourth-order valence-electron chi connectivity index (χ4n) is 7.80. The standard InChI is InChI=1S/C39H40Cl2N6O3/c1-20-16-25(17-21(2)34(20)41)50-15-9-11-26-28-13-14-30(40)33(32-23(4)43-45(7)24(32)5)36(28)47-22(3)18-46(39(49)37(26)47)31-12-8-10-27-29(38(42)48)19-44(6)35(27)31/h8,10,12-14,16-17,19,22H,9,11,15,18H2,1-7H3,(H2,42,48). The second-order valence-electron chi connectivity index (χ2n) is 13.5. The van der Waals surface area contributed by atoms with Gasteiger partial charge in [0.2, 0.25) is 0 Å². The molecule has 9 nitrogen and oxygen atoms in total. The quantitative estimate of drug-likeness (QED) is 0.160. The Morgan fingerprint density at radius 3 is 2.38 bits per heavy atom. The molecule has 258 valence electrons. The van der Waals surface area contributed by atoms with Crippen molar-refractivity contribution in [3.63, 3.8) is 0 Å². The maximum atomic E-state index is 15.0. The van der Waals surface area contributed by atoms with E-state index in [1.54, 1.807) is 6.20 Å². The number of fused-ring (bicyclic) bond motifs is 4. The maximum Gasteiger partial charge on any atom is 0.275 e. The predicted octanol–water partition coefficient (Wildman–Crippen LogP) is 8.41. The molecule has 0 spiro atoms. The predicted molar refractivity (Wildman–Crippen MR) is 201 cm³/mol. The highest BCUT2D eigenvalue weighted by atomic mass is 35.5. The third-order valence-corrected chi connectivity index (χ3v) is 11.0. The van der Waals surface area contributed by atoms with Crippen LogP contribution in [0.5, 0.6) is 5.75 Å². The molecule has 0 fully saturated rings. The van der Waals surface area contributed by atoms with Gasteiger partial charge in [0.25, 0.3) is 11.8 Å². The average Bonchev–Trinajstić information content (AvgIpc) is 3.68. The fraction of sp³-hybridized carbons (Fsp3) is 0.308. The first kappa shape index (κ1) is 33.8. The van der Waals surface area contributed by atoms with E-state index < -0.39 is 5.91 Å². The SMILES string of the molecule is Cc1cc(OCCCc2c3n(c4c(-c5c(C)nn(C)c5C)c(Cl)ccc24)C(C)CN(c2cccc4c(C(N)=O)cn(C)c24)C3=O)cc(C)c1Cl. The number of aryl methyl sites for hydroxylation is 6. The van der Waals surface area contributed by atoms with Crippen LogP contribution in [0.25, 0.3) is 32.9 Å². The highest BCUT2D eigenvalue weighted by Crippen LogP contribution is 2.45. The highest BCUT2D eigenvalue weighted by molar-refractivity contribution is 6.35. The number of carbonyl (C=O) groups is 2. The van der Waals surface area contributed by atoms with Gasteiger partial charge in [0.05, 0.1) is 39.6 Å². The molecule has 0 bridgehead atoms. The number of nitrogens with zero attached hydrogens (tertiary/aromatic N) is 5. The van der Waals surface area contributed by atoms with Crippen molar-refractivity contribution in [2.45, 2.75) is 53.5 Å². The molecule has 2 N–H and O–H groups in total. The smallest absolute Gasteiger partial charge is 0.275 e. The molecule has 1 aliphatic rings. The number of hydrogen-bond acceptors (Lipinski definition) is 4. The zero-order chi connectivity index (χ0) is 35.8. The summed E-state index contributed by atoms with van der Waals surface area (Å²) in [5, 5.41) is 7.76. The molecule has 1 atom stereocenters. The lowest BCUT2D eigenvalue weighted by atomic mass is 9.98. The summed E-state index contributed by atoms with van der Waals surface area (Å²) in [6.45, 7) is 11.0. The van der Waals surface area contributed by atoms with Crippen molar-refractivity contribution in [2.75, 3.05) is 18.1 Å². The topological polar surface area (TPSA) is 100 Å².